The van der Waals surface area contributed by atoms with E-state index in [9.17, 15) is 19.8 Å². The first-order chi connectivity index (χ1) is 10.9. The zero-order chi connectivity index (χ0) is 17.4. The van der Waals surface area contributed by atoms with Gasteiger partial charge in [-0.25, -0.2) is 0 Å². The topological polar surface area (TPSA) is 108 Å². The van der Waals surface area contributed by atoms with E-state index < -0.39 is 30.1 Å². The van der Waals surface area contributed by atoms with Crippen molar-refractivity contribution in [3.8, 4) is 0 Å². The standard InChI is InChI=1S/C15H28N2O6/c1-4-5-10(2)16-15(21)13-14(20)11(18)8-17(13)12(19)9-23-7-6-22-3/h10-11,13-14,18,20H,4-9H2,1-3H3,(H,16,21)/t10?,11-,13?,14+/m0/s1. The number of carbonyl (C=O) groups excluding carboxylic acids is 2. The van der Waals surface area contributed by atoms with Gasteiger partial charge in [0.15, 0.2) is 0 Å². The highest BCUT2D eigenvalue weighted by Crippen LogP contribution is 2.19. The number of hydrogen-bond acceptors (Lipinski definition) is 6. The molecule has 3 N–H and O–H groups in total. The van der Waals surface area contributed by atoms with E-state index in [1.807, 2.05) is 13.8 Å². The molecule has 0 aliphatic carbocycles. The Hall–Kier alpha value is -1.22. The van der Waals surface area contributed by atoms with Crippen LogP contribution in [0.3, 0.4) is 0 Å². The minimum absolute atomic E-state index is 0.0626. The van der Waals surface area contributed by atoms with Crippen LogP contribution in [0.15, 0.2) is 0 Å². The Morgan fingerprint density at radius 3 is 2.65 bits per heavy atom. The van der Waals surface area contributed by atoms with E-state index in [0.29, 0.717) is 6.61 Å². The molecule has 1 saturated heterocycles. The van der Waals surface area contributed by atoms with E-state index in [2.05, 4.69) is 5.32 Å². The molecule has 8 nitrogen and oxygen atoms in total. The van der Waals surface area contributed by atoms with Gasteiger partial charge in [0.05, 0.1) is 25.9 Å². The highest BCUT2D eigenvalue weighted by molar-refractivity contribution is 5.89. The maximum Gasteiger partial charge on any atom is 0.249 e. The summed E-state index contributed by atoms with van der Waals surface area (Å²) in [7, 11) is 1.52. The van der Waals surface area contributed by atoms with Crippen molar-refractivity contribution < 1.29 is 29.3 Å². The van der Waals surface area contributed by atoms with Gasteiger partial charge in [0.1, 0.15) is 18.8 Å². The van der Waals surface area contributed by atoms with Crippen LogP contribution in [0, 0.1) is 0 Å². The molecule has 1 heterocycles. The molecule has 0 aromatic carbocycles. The normalized spacial score (nSPS) is 25.4. The van der Waals surface area contributed by atoms with Gasteiger partial charge in [-0.3, -0.25) is 9.59 Å². The Kier molecular flexibility index (Phi) is 8.46. The highest BCUT2D eigenvalue weighted by Gasteiger charge is 2.46. The third-order valence-corrected chi connectivity index (χ3v) is 3.79. The van der Waals surface area contributed by atoms with Gasteiger partial charge >= 0.3 is 0 Å². The molecule has 0 saturated carbocycles. The van der Waals surface area contributed by atoms with Crippen molar-refractivity contribution in [3.05, 3.63) is 0 Å². The van der Waals surface area contributed by atoms with Gasteiger partial charge in [-0.05, 0) is 13.3 Å². The highest BCUT2D eigenvalue weighted by atomic mass is 16.5. The molecule has 1 fully saturated rings. The van der Waals surface area contributed by atoms with Crippen molar-refractivity contribution in [1.82, 2.24) is 10.2 Å². The summed E-state index contributed by atoms with van der Waals surface area (Å²) in [4.78, 5) is 25.7. The maximum atomic E-state index is 12.3. The molecular formula is C15H28N2O6. The maximum absolute atomic E-state index is 12.3. The van der Waals surface area contributed by atoms with Crippen molar-refractivity contribution >= 4 is 11.8 Å². The number of likely N-dealkylation sites (tertiary alicyclic amines) is 1. The third kappa shape index (κ3) is 5.72. The van der Waals surface area contributed by atoms with E-state index in [4.69, 9.17) is 9.47 Å². The minimum Gasteiger partial charge on any atom is -0.388 e. The van der Waals surface area contributed by atoms with Crippen LogP contribution < -0.4 is 5.32 Å². The number of ether oxygens (including phenoxy) is 2. The second-order valence-corrected chi connectivity index (χ2v) is 5.79. The summed E-state index contributed by atoms with van der Waals surface area (Å²) < 4.78 is 9.97. The molecule has 1 aliphatic heterocycles. The summed E-state index contributed by atoms with van der Waals surface area (Å²) >= 11 is 0. The van der Waals surface area contributed by atoms with E-state index in [1.165, 1.54) is 12.0 Å². The Balaban J connectivity index is 2.65. The smallest absolute Gasteiger partial charge is 0.249 e. The molecule has 8 heteroatoms. The van der Waals surface area contributed by atoms with Gasteiger partial charge in [0.25, 0.3) is 0 Å². The van der Waals surface area contributed by atoms with Crippen molar-refractivity contribution in [3.63, 3.8) is 0 Å². The van der Waals surface area contributed by atoms with Crippen molar-refractivity contribution in [1.29, 1.82) is 0 Å². The van der Waals surface area contributed by atoms with Crippen LogP contribution in [0.4, 0.5) is 0 Å². The number of nitrogens with zero attached hydrogens (tertiary/aromatic N) is 1. The van der Waals surface area contributed by atoms with Gasteiger partial charge < -0.3 is 29.9 Å². The number of methoxy groups -OCH3 is 1. The second kappa shape index (κ2) is 9.82. The zero-order valence-electron chi connectivity index (χ0n) is 14.0. The van der Waals surface area contributed by atoms with E-state index >= 15 is 0 Å². The van der Waals surface area contributed by atoms with Crippen molar-refractivity contribution in [2.24, 2.45) is 0 Å². The quantitative estimate of drug-likeness (QED) is 0.462. The number of rotatable bonds is 9. The molecule has 23 heavy (non-hydrogen) atoms. The van der Waals surface area contributed by atoms with Crippen LogP contribution in [0.1, 0.15) is 26.7 Å². The molecule has 0 radical (unpaired) electrons. The number of aliphatic hydroxyl groups excluding tert-OH is 2. The number of aliphatic hydroxyl groups is 2. The van der Waals surface area contributed by atoms with Gasteiger partial charge in [0, 0.05) is 13.2 Å². The van der Waals surface area contributed by atoms with Gasteiger partial charge in [0.2, 0.25) is 11.8 Å². The summed E-state index contributed by atoms with van der Waals surface area (Å²) in [5.41, 5.74) is 0. The van der Waals surface area contributed by atoms with Crippen molar-refractivity contribution in [2.75, 3.05) is 33.5 Å². The monoisotopic (exact) mass is 332 g/mol. The molecule has 4 atom stereocenters. The van der Waals surface area contributed by atoms with Gasteiger partial charge in [-0.1, -0.05) is 13.3 Å². The molecular weight excluding hydrogens is 304 g/mol. The largest absolute Gasteiger partial charge is 0.388 e. The van der Waals surface area contributed by atoms with Crippen LogP contribution in [0.2, 0.25) is 0 Å². The number of amides is 2. The van der Waals surface area contributed by atoms with E-state index in [1.54, 1.807) is 0 Å². The van der Waals surface area contributed by atoms with Crippen LogP contribution >= 0.6 is 0 Å². The Morgan fingerprint density at radius 2 is 2.04 bits per heavy atom. The number of carbonyl (C=O) groups is 2. The first-order valence-corrected chi connectivity index (χ1v) is 7.95. The summed E-state index contributed by atoms with van der Waals surface area (Å²) in [6, 6.07) is -1.16. The summed E-state index contributed by atoms with van der Waals surface area (Å²) in [5, 5.41) is 22.6. The SMILES string of the molecule is CCCC(C)NC(=O)C1[C@H](O)[C@@H](O)CN1C(=O)COCCOC. The molecule has 0 aromatic rings. The number of hydrogen-bond donors (Lipinski definition) is 3. The minimum atomic E-state index is -1.30. The number of nitrogens with one attached hydrogen (secondary N) is 1. The number of β-amino-alcohol motifs (C(OH)–C–C–N with tert-alkyl or cyclic N) is 1. The molecule has 2 unspecified atom stereocenters. The second-order valence-electron chi connectivity index (χ2n) is 5.79. The predicted molar refractivity (Wildman–Crippen MR) is 82.7 cm³/mol. The van der Waals surface area contributed by atoms with Crippen LogP contribution in [-0.4, -0.2) is 84.7 Å². The lowest BCUT2D eigenvalue weighted by atomic mass is 10.1. The molecule has 1 aliphatic rings. The third-order valence-electron chi connectivity index (χ3n) is 3.79. The van der Waals surface area contributed by atoms with E-state index in [0.717, 1.165) is 12.8 Å². The van der Waals surface area contributed by atoms with E-state index in [-0.39, 0.29) is 25.8 Å². The molecule has 0 spiro atoms. The first kappa shape index (κ1) is 19.8. The Morgan fingerprint density at radius 1 is 1.35 bits per heavy atom. The average molecular weight is 332 g/mol. The fourth-order valence-electron chi connectivity index (χ4n) is 2.59. The zero-order valence-corrected chi connectivity index (χ0v) is 14.0. The lowest BCUT2D eigenvalue weighted by Crippen LogP contribution is -2.53. The lowest BCUT2D eigenvalue weighted by molar-refractivity contribution is -0.144. The lowest BCUT2D eigenvalue weighted by Gasteiger charge is -2.26. The van der Waals surface area contributed by atoms with Crippen LogP contribution in [-0.2, 0) is 19.1 Å². The summed E-state index contributed by atoms with van der Waals surface area (Å²) in [5.74, 6) is -0.903. The van der Waals surface area contributed by atoms with Crippen LogP contribution in [0.5, 0.6) is 0 Å². The van der Waals surface area contributed by atoms with Crippen LogP contribution in [0.25, 0.3) is 0 Å². The molecule has 1 rings (SSSR count). The van der Waals surface area contributed by atoms with Crippen molar-refractivity contribution in [2.45, 2.75) is 51.0 Å². The predicted octanol–water partition coefficient (Wildman–Crippen LogP) is -1.11. The molecule has 2 amide bonds. The van der Waals surface area contributed by atoms with Gasteiger partial charge in [-0.2, -0.15) is 0 Å². The molecule has 0 aromatic heterocycles. The fourth-order valence-corrected chi connectivity index (χ4v) is 2.59. The molecule has 134 valence electrons. The average Bonchev–Trinajstić information content (AvgIpc) is 2.79. The Labute approximate surface area is 136 Å². The summed E-state index contributed by atoms with van der Waals surface area (Å²) in [6.45, 7) is 4.16. The Bertz CT molecular complexity index is 392. The summed E-state index contributed by atoms with van der Waals surface area (Å²) in [6.07, 6.45) is -0.736. The fraction of sp³-hybridized carbons (Fsp3) is 0.867. The first-order valence-electron chi connectivity index (χ1n) is 7.95. The molecule has 0 bridgehead atoms. The van der Waals surface area contributed by atoms with Gasteiger partial charge in [-0.15, -0.1) is 0 Å².